The van der Waals surface area contributed by atoms with Crippen molar-refractivity contribution in [3.05, 3.63) is 52.5 Å². The first kappa shape index (κ1) is 29.4. The second kappa shape index (κ2) is 13.0. The Balaban J connectivity index is 2.42. The van der Waals surface area contributed by atoms with E-state index < -0.39 is 28.5 Å². The monoisotopic (exact) mass is 583 g/mol. The number of anilines is 1. The highest BCUT2D eigenvalue weighted by Gasteiger charge is 2.30. The van der Waals surface area contributed by atoms with Gasteiger partial charge in [0.1, 0.15) is 12.6 Å². The number of rotatable bonds is 12. The number of carbonyl (C=O) groups is 2. The van der Waals surface area contributed by atoms with E-state index >= 15 is 0 Å². The van der Waals surface area contributed by atoms with Crippen molar-refractivity contribution in [3.8, 4) is 11.5 Å². The molecule has 0 aliphatic heterocycles. The molecule has 0 aromatic heterocycles. The Morgan fingerprint density at radius 1 is 1.03 bits per heavy atom. The molecule has 0 radical (unpaired) electrons. The molecule has 0 bridgehead atoms. The van der Waals surface area contributed by atoms with Gasteiger partial charge in [-0.1, -0.05) is 41.9 Å². The second-order valence-corrected chi connectivity index (χ2v) is 11.6. The van der Waals surface area contributed by atoms with Crippen LogP contribution in [0.25, 0.3) is 0 Å². The van der Waals surface area contributed by atoms with Crippen molar-refractivity contribution in [3.63, 3.8) is 0 Å². The SMILES string of the molecule is COc1ccc(N(CC(=O)N(Cc2cccc(Br)c2)[C@@H](C)C(=O)NCC(C)C)S(C)(=O)=O)cc1OC. The molecule has 36 heavy (non-hydrogen) atoms. The lowest BCUT2D eigenvalue weighted by atomic mass is 10.1. The average molecular weight is 585 g/mol. The van der Waals surface area contributed by atoms with Crippen LogP contribution in [0.4, 0.5) is 5.69 Å². The van der Waals surface area contributed by atoms with Gasteiger partial charge < -0.3 is 19.7 Å². The van der Waals surface area contributed by atoms with E-state index in [4.69, 9.17) is 9.47 Å². The summed E-state index contributed by atoms with van der Waals surface area (Å²) < 4.78 is 37.8. The number of nitrogens with zero attached hydrogens (tertiary/aromatic N) is 2. The third kappa shape index (κ3) is 8.12. The molecular weight excluding hydrogens is 550 g/mol. The Labute approximate surface area is 221 Å². The maximum Gasteiger partial charge on any atom is 0.244 e. The van der Waals surface area contributed by atoms with Gasteiger partial charge in [-0.15, -0.1) is 0 Å². The minimum absolute atomic E-state index is 0.123. The first-order chi connectivity index (χ1) is 16.9. The number of benzene rings is 2. The van der Waals surface area contributed by atoms with Crippen LogP contribution in [0.2, 0.25) is 0 Å². The first-order valence-electron chi connectivity index (χ1n) is 11.4. The Hall–Kier alpha value is -2.79. The molecule has 0 aliphatic rings. The zero-order chi connectivity index (χ0) is 27.0. The fraction of sp³-hybridized carbons (Fsp3) is 0.440. The van der Waals surface area contributed by atoms with E-state index in [0.29, 0.717) is 18.0 Å². The summed E-state index contributed by atoms with van der Waals surface area (Å²) in [4.78, 5) is 27.9. The lowest BCUT2D eigenvalue weighted by Crippen LogP contribution is -2.51. The minimum Gasteiger partial charge on any atom is -0.493 e. The Morgan fingerprint density at radius 3 is 2.25 bits per heavy atom. The maximum atomic E-state index is 13.6. The van der Waals surface area contributed by atoms with Gasteiger partial charge in [0.25, 0.3) is 0 Å². The van der Waals surface area contributed by atoms with Gasteiger partial charge >= 0.3 is 0 Å². The molecule has 0 spiro atoms. The second-order valence-electron chi connectivity index (χ2n) is 8.78. The highest BCUT2D eigenvalue weighted by atomic mass is 79.9. The van der Waals surface area contributed by atoms with Crippen LogP contribution in [0.3, 0.4) is 0 Å². The molecule has 2 rings (SSSR count). The fourth-order valence-electron chi connectivity index (χ4n) is 3.46. The van der Waals surface area contributed by atoms with Crippen molar-refractivity contribution in [1.82, 2.24) is 10.2 Å². The lowest BCUT2D eigenvalue weighted by Gasteiger charge is -2.31. The average Bonchev–Trinajstić information content (AvgIpc) is 2.82. The number of hydrogen-bond donors (Lipinski definition) is 1. The zero-order valence-corrected chi connectivity index (χ0v) is 23.9. The summed E-state index contributed by atoms with van der Waals surface area (Å²) in [5, 5.41) is 2.85. The summed E-state index contributed by atoms with van der Waals surface area (Å²) in [5.41, 5.74) is 1.03. The number of methoxy groups -OCH3 is 2. The van der Waals surface area contributed by atoms with E-state index in [9.17, 15) is 18.0 Å². The van der Waals surface area contributed by atoms with Crippen LogP contribution in [-0.4, -0.2) is 64.7 Å². The molecule has 11 heteroatoms. The van der Waals surface area contributed by atoms with Gasteiger partial charge in [0, 0.05) is 23.6 Å². The van der Waals surface area contributed by atoms with Gasteiger partial charge in [0.05, 0.1) is 26.2 Å². The number of halogens is 1. The molecule has 198 valence electrons. The number of amides is 2. The van der Waals surface area contributed by atoms with Crippen LogP contribution in [-0.2, 0) is 26.2 Å². The van der Waals surface area contributed by atoms with Gasteiger partial charge in [0.15, 0.2) is 11.5 Å². The minimum atomic E-state index is -3.86. The number of ether oxygens (including phenoxy) is 2. The molecular formula is C25H34BrN3O6S. The number of carbonyl (C=O) groups excluding carboxylic acids is 2. The number of nitrogens with one attached hydrogen (secondary N) is 1. The third-order valence-corrected chi connectivity index (χ3v) is 7.06. The normalized spacial score (nSPS) is 12.1. The zero-order valence-electron chi connectivity index (χ0n) is 21.4. The predicted molar refractivity (Wildman–Crippen MR) is 144 cm³/mol. The maximum absolute atomic E-state index is 13.6. The van der Waals surface area contributed by atoms with E-state index in [1.807, 2.05) is 38.1 Å². The van der Waals surface area contributed by atoms with Crippen molar-refractivity contribution in [2.45, 2.75) is 33.4 Å². The van der Waals surface area contributed by atoms with Crippen molar-refractivity contribution in [2.75, 3.05) is 37.9 Å². The van der Waals surface area contributed by atoms with Crippen LogP contribution in [0.5, 0.6) is 11.5 Å². The first-order valence-corrected chi connectivity index (χ1v) is 14.0. The van der Waals surface area contributed by atoms with Gasteiger partial charge in [-0.05, 0) is 42.7 Å². The van der Waals surface area contributed by atoms with E-state index in [2.05, 4.69) is 21.2 Å². The van der Waals surface area contributed by atoms with Crippen molar-refractivity contribution >= 4 is 43.5 Å². The molecule has 0 saturated carbocycles. The Kier molecular flexibility index (Phi) is 10.6. The molecule has 0 unspecified atom stereocenters. The Bertz CT molecular complexity index is 1170. The van der Waals surface area contributed by atoms with Gasteiger partial charge in [-0.25, -0.2) is 8.42 Å². The van der Waals surface area contributed by atoms with Crippen molar-refractivity contribution in [2.24, 2.45) is 5.92 Å². The molecule has 0 fully saturated rings. The van der Waals surface area contributed by atoms with Crippen LogP contribution < -0.4 is 19.1 Å². The highest BCUT2D eigenvalue weighted by Crippen LogP contribution is 2.32. The quantitative estimate of drug-likeness (QED) is 0.410. The number of hydrogen-bond acceptors (Lipinski definition) is 6. The highest BCUT2D eigenvalue weighted by molar-refractivity contribution is 9.10. The predicted octanol–water partition coefficient (Wildman–Crippen LogP) is 3.42. The molecule has 1 N–H and O–H groups in total. The molecule has 9 nitrogen and oxygen atoms in total. The van der Waals surface area contributed by atoms with Crippen molar-refractivity contribution < 1.29 is 27.5 Å². The molecule has 0 saturated heterocycles. The van der Waals surface area contributed by atoms with E-state index in [1.165, 1.54) is 31.3 Å². The summed E-state index contributed by atoms with van der Waals surface area (Å²) in [6.07, 6.45) is 1.02. The standard InChI is InChI=1S/C25H34BrN3O6S/c1-17(2)14-27-25(31)18(3)28(15-19-8-7-9-20(26)12-19)24(30)16-29(36(6,32)33)21-10-11-22(34-4)23(13-21)35-5/h7-13,17-18H,14-16H2,1-6H3,(H,27,31)/t18-/m0/s1. The van der Waals surface area contributed by atoms with E-state index in [1.54, 1.807) is 13.0 Å². The molecule has 2 amide bonds. The summed E-state index contributed by atoms with van der Waals surface area (Å²) in [6.45, 7) is 5.67. The topological polar surface area (TPSA) is 105 Å². The van der Waals surface area contributed by atoms with E-state index in [0.717, 1.165) is 20.6 Å². The summed E-state index contributed by atoms with van der Waals surface area (Å²) in [5.74, 6) is 0.142. The Morgan fingerprint density at radius 2 is 1.69 bits per heavy atom. The van der Waals surface area contributed by atoms with Crippen LogP contribution in [0.1, 0.15) is 26.3 Å². The summed E-state index contributed by atoms with van der Waals surface area (Å²) in [6, 6.07) is 11.1. The summed E-state index contributed by atoms with van der Waals surface area (Å²) >= 11 is 3.43. The molecule has 2 aromatic carbocycles. The van der Waals surface area contributed by atoms with Crippen LogP contribution in [0.15, 0.2) is 46.9 Å². The molecule has 2 aromatic rings. The van der Waals surface area contributed by atoms with Crippen LogP contribution >= 0.6 is 15.9 Å². The lowest BCUT2D eigenvalue weighted by molar-refractivity contribution is -0.139. The van der Waals surface area contributed by atoms with Gasteiger partial charge in [-0.2, -0.15) is 0 Å². The fourth-order valence-corrected chi connectivity index (χ4v) is 4.75. The third-order valence-electron chi connectivity index (χ3n) is 5.43. The van der Waals surface area contributed by atoms with E-state index in [-0.39, 0.29) is 24.1 Å². The largest absolute Gasteiger partial charge is 0.493 e. The van der Waals surface area contributed by atoms with Crippen molar-refractivity contribution in [1.29, 1.82) is 0 Å². The summed E-state index contributed by atoms with van der Waals surface area (Å²) in [7, 11) is -0.944. The van der Waals surface area contributed by atoms with Gasteiger partial charge in [0.2, 0.25) is 21.8 Å². The van der Waals surface area contributed by atoms with Crippen LogP contribution in [0, 0.1) is 5.92 Å². The molecule has 1 atom stereocenters. The van der Waals surface area contributed by atoms with Gasteiger partial charge in [-0.3, -0.25) is 13.9 Å². The number of sulfonamides is 1. The molecule has 0 heterocycles. The molecule has 0 aliphatic carbocycles. The smallest absolute Gasteiger partial charge is 0.244 e.